The maximum absolute atomic E-state index is 13.5. The highest BCUT2D eigenvalue weighted by atomic mass is 16.7. The van der Waals surface area contributed by atoms with E-state index < -0.39 is 114 Å². The van der Waals surface area contributed by atoms with Crippen LogP contribution in [0.25, 0.3) is 0 Å². The Balaban J connectivity index is 1.53. The Kier molecular flexibility index (Phi) is 21.1. The van der Waals surface area contributed by atoms with E-state index in [9.17, 15) is 30.0 Å². The number of allylic oxidation sites excluding steroid dienone is 4. The molecular weight excluding hydrogens is 853 g/mol. The zero-order valence-electron chi connectivity index (χ0n) is 42.0. The first-order chi connectivity index (χ1) is 31.1. The maximum Gasteiger partial charge on any atom is 0.331 e. The predicted molar refractivity (Wildman–Crippen MR) is 247 cm³/mol. The highest BCUT2D eigenvalue weighted by Gasteiger charge is 2.55. The van der Waals surface area contributed by atoms with E-state index in [0.29, 0.717) is 6.42 Å². The first-order valence-corrected chi connectivity index (χ1v) is 24.3. The second-order valence-electron chi connectivity index (χ2n) is 19.5. The van der Waals surface area contributed by atoms with Crippen LogP contribution in [-0.4, -0.2) is 139 Å². The molecule has 0 aromatic heterocycles. The minimum absolute atomic E-state index is 0.0526. The van der Waals surface area contributed by atoms with Crippen molar-refractivity contribution in [3.63, 3.8) is 0 Å². The number of carbonyl (C=O) groups is 2. The number of hydrogen-bond donors (Lipinski definition) is 4. The van der Waals surface area contributed by atoms with E-state index in [1.807, 2.05) is 62.3 Å². The van der Waals surface area contributed by atoms with E-state index in [-0.39, 0.29) is 43.0 Å². The number of ether oxygens (including phenoxy) is 9. The lowest BCUT2D eigenvalue weighted by Gasteiger charge is -2.52. The normalized spacial score (nSPS) is 41.3. The number of hydrogen-bond acceptors (Lipinski definition) is 15. The number of rotatable bonds is 15. The Labute approximate surface area is 394 Å². The summed E-state index contributed by atoms with van der Waals surface area (Å²) in [4.78, 5) is 27.0. The smallest absolute Gasteiger partial charge is 0.331 e. The van der Waals surface area contributed by atoms with Crippen LogP contribution >= 0.6 is 0 Å². The summed E-state index contributed by atoms with van der Waals surface area (Å²) in [5, 5.41) is 44.9. The van der Waals surface area contributed by atoms with Crippen molar-refractivity contribution in [2.24, 2.45) is 47.3 Å². The molecule has 0 saturated carbocycles. The van der Waals surface area contributed by atoms with Gasteiger partial charge in [-0.3, -0.25) is 0 Å². The second kappa shape index (κ2) is 24.8. The molecule has 3 saturated heterocycles. The number of esters is 2. The van der Waals surface area contributed by atoms with Crippen molar-refractivity contribution in [1.82, 2.24) is 0 Å². The van der Waals surface area contributed by atoms with Crippen LogP contribution in [-0.2, 0) is 52.2 Å². The molecule has 4 aliphatic rings. The van der Waals surface area contributed by atoms with Crippen molar-refractivity contribution < 1.29 is 72.6 Å². The van der Waals surface area contributed by atoms with Crippen molar-refractivity contribution in [2.45, 2.75) is 193 Å². The van der Waals surface area contributed by atoms with Gasteiger partial charge in [-0.2, -0.15) is 0 Å². The molecular formula is C51H84O15. The average Bonchev–Trinajstić information content (AvgIpc) is 3.29. The molecule has 0 aromatic carbocycles. The lowest BCUT2D eigenvalue weighted by molar-refractivity contribution is -0.352. The van der Waals surface area contributed by atoms with Crippen molar-refractivity contribution in [3.8, 4) is 0 Å². The number of cyclic esters (lactones) is 2. The summed E-state index contributed by atoms with van der Waals surface area (Å²) in [6.07, 6.45) is 6.84. The van der Waals surface area contributed by atoms with Crippen LogP contribution in [0.15, 0.2) is 48.6 Å². The first kappa shape index (κ1) is 56.1. The molecule has 66 heavy (non-hydrogen) atoms. The van der Waals surface area contributed by atoms with Gasteiger partial charge in [0, 0.05) is 100 Å². The number of methoxy groups -OCH3 is 3. The fraction of sp³-hybridized carbons (Fsp3) is 0.804. The second-order valence-corrected chi connectivity index (χ2v) is 19.5. The van der Waals surface area contributed by atoms with Gasteiger partial charge in [0.25, 0.3) is 0 Å². The number of aliphatic hydroxyl groups excluding tert-OH is 4. The molecule has 0 aromatic rings. The largest absolute Gasteiger partial charge is 0.458 e. The SMILES string of the molecule is CCC1C(C)OC(OC)(C(C)C(O)C(C)C2OC(=O)C=CC=CC(C)C(C(C)C(O)C(C)C3(OC)CC(OC4CC(O)C(O)C(C)O4)C(CC)C(C)O3)OC(=O)C=CC=CC2C)CC1OC. The minimum atomic E-state index is -1.31. The summed E-state index contributed by atoms with van der Waals surface area (Å²) >= 11 is 0. The molecule has 4 heterocycles. The Bertz CT molecular complexity index is 1640. The molecule has 0 aliphatic carbocycles. The molecule has 22 atom stereocenters. The molecule has 0 radical (unpaired) electrons. The van der Waals surface area contributed by atoms with E-state index in [1.54, 1.807) is 57.6 Å². The lowest BCUT2D eigenvalue weighted by atomic mass is 9.76. The van der Waals surface area contributed by atoms with Gasteiger partial charge in [-0.15, -0.1) is 0 Å². The Morgan fingerprint density at radius 1 is 0.667 bits per heavy atom. The van der Waals surface area contributed by atoms with Gasteiger partial charge in [-0.05, 0) is 33.6 Å². The van der Waals surface area contributed by atoms with Crippen molar-refractivity contribution >= 4 is 11.9 Å². The van der Waals surface area contributed by atoms with Crippen molar-refractivity contribution in [2.75, 3.05) is 21.3 Å². The molecule has 4 N–H and O–H groups in total. The quantitative estimate of drug-likeness (QED) is 0.135. The highest BCUT2D eigenvalue weighted by molar-refractivity contribution is 5.83. The molecule has 0 bridgehead atoms. The van der Waals surface area contributed by atoms with Gasteiger partial charge in [-0.1, -0.05) is 91.8 Å². The molecule has 3 fully saturated rings. The van der Waals surface area contributed by atoms with Gasteiger partial charge in [-0.25, -0.2) is 9.59 Å². The fourth-order valence-electron chi connectivity index (χ4n) is 11.0. The Hall–Kier alpha value is -2.54. The topological polar surface area (TPSA) is 198 Å². The van der Waals surface area contributed by atoms with Crippen LogP contribution in [0.5, 0.6) is 0 Å². The van der Waals surface area contributed by atoms with E-state index >= 15 is 0 Å². The monoisotopic (exact) mass is 937 g/mol. The van der Waals surface area contributed by atoms with Crippen LogP contribution in [0.3, 0.4) is 0 Å². The lowest BCUT2D eigenvalue weighted by Crippen LogP contribution is -2.60. The predicted octanol–water partition coefficient (Wildman–Crippen LogP) is 6.20. The maximum atomic E-state index is 13.5. The van der Waals surface area contributed by atoms with Crippen LogP contribution in [0, 0.1) is 47.3 Å². The molecule has 0 spiro atoms. The number of aliphatic hydroxyl groups is 4. The van der Waals surface area contributed by atoms with Crippen LogP contribution in [0.4, 0.5) is 0 Å². The van der Waals surface area contributed by atoms with Gasteiger partial charge in [0.05, 0.1) is 48.8 Å². The number of carbonyl (C=O) groups excluding carboxylic acids is 2. The summed E-state index contributed by atoms with van der Waals surface area (Å²) in [6, 6.07) is 0. The standard InChI is InChI=1S/C51H84O15/c1-15-37-34(9)65-50(59-13,26-40(37)58-12)32(7)45(55)30(5)48-28(3)21-17-19-24-43(54)64-49(29(4)22-18-20-23-42(53)63-48)31(6)46(56)33(8)51(60-14)27-41(38(16-2)35(10)66-51)62-44-25-39(52)47(57)36(11)61-44/h17-24,28-41,44-49,52,55-57H,15-16,25-27H2,1-14H3. The Morgan fingerprint density at radius 3 is 1.48 bits per heavy atom. The molecule has 0 amide bonds. The third-order valence-corrected chi connectivity index (χ3v) is 15.4. The summed E-state index contributed by atoms with van der Waals surface area (Å²) in [5.74, 6) is -6.79. The van der Waals surface area contributed by atoms with Crippen molar-refractivity contribution in [3.05, 3.63) is 48.6 Å². The van der Waals surface area contributed by atoms with Gasteiger partial charge in [0.15, 0.2) is 17.9 Å². The van der Waals surface area contributed by atoms with Crippen LogP contribution < -0.4 is 0 Å². The molecule has 378 valence electrons. The summed E-state index contributed by atoms with van der Waals surface area (Å²) < 4.78 is 55.9. The highest BCUT2D eigenvalue weighted by Crippen LogP contribution is 2.46. The molecule has 22 unspecified atom stereocenters. The van der Waals surface area contributed by atoms with Gasteiger partial charge in [0.2, 0.25) is 0 Å². The van der Waals surface area contributed by atoms with E-state index in [2.05, 4.69) is 6.92 Å². The first-order valence-electron chi connectivity index (χ1n) is 24.3. The molecule has 4 rings (SSSR count). The zero-order chi connectivity index (χ0) is 49.3. The van der Waals surface area contributed by atoms with Crippen LogP contribution in [0.1, 0.15) is 108 Å². The summed E-state index contributed by atoms with van der Waals surface area (Å²) in [7, 11) is 4.79. The average molecular weight is 937 g/mol. The van der Waals surface area contributed by atoms with Gasteiger partial charge < -0.3 is 63.1 Å². The zero-order valence-corrected chi connectivity index (χ0v) is 42.0. The fourth-order valence-corrected chi connectivity index (χ4v) is 11.0. The minimum Gasteiger partial charge on any atom is -0.458 e. The third kappa shape index (κ3) is 13.0. The van der Waals surface area contributed by atoms with Crippen molar-refractivity contribution in [1.29, 1.82) is 0 Å². The molecule has 15 nitrogen and oxygen atoms in total. The molecule has 4 aliphatic heterocycles. The van der Waals surface area contributed by atoms with Gasteiger partial charge in [0.1, 0.15) is 18.3 Å². The molecule has 15 heteroatoms. The van der Waals surface area contributed by atoms with E-state index in [0.717, 1.165) is 12.8 Å². The van der Waals surface area contributed by atoms with Gasteiger partial charge >= 0.3 is 11.9 Å². The summed E-state index contributed by atoms with van der Waals surface area (Å²) in [6.45, 7) is 20.9. The van der Waals surface area contributed by atoms with Crippen LogP contribution in [0.2, 0.25) is 0 Å². The van der Waals surface area contributed by atoms with E-state index in [4.69, 9.17) is 42.6 Å². The third-order valence-electron chi connectivity index (χ3n) is 15.4. The van der Waals surface area contributed by atoms with E-state index in [1.165, 1.54) is 19.3 Å². The summed E-state index contributed by atoms with van der Waals surface area (Å²) in [5.41, 5.74) is 0. The Morgan fingerprint density at radius 2 is 1.09 bits per heavy atom.